The van der Waals surface area contributed by atoms with Gasteiger partial charge in [0.2, 0.25) is 0 Å². The summed E-state index contributed by atoms with van der Waals surface area (Å²) in [5, 5.41) is 4.02. The van der Waals surface area contributed by atoms with Crippen LogP contribution in [0.1, 0.15) is 23.4 Å². The van der Waals surface area contributed by atoms with Crippen LogP contribution in [-0.2, 0) is 0 Å². The molecular weight excluding hydrogens is 272 g/mol. The number of aromatic nitrogens is 3. The summed E-state index contributed by atoms with van der Waals surface area (Å²) < 4.78 is 0. The molecule has 3 rings (SSSR count). The number of thiazole rings is 1. The third-order valence-corrected chi connectivity index (χ3v) is 4.51. The van der Waals surface area contributed by atoms with Crippen molar-refractivity contribution in [3.63, 3.8) is 0 Å². The first-order chi connectivity index (χ1) is 9.65. The van der Waals surface area contributed by atoms with E-state index in [1.54, 1.807) is 17.7 Å². The first-order valence-electron chi connectivity index (χ1n) is 6.71. The van der Waals surface area contributed by atoms with Gasteiger partial charge < -0.3 is 16.0 Å². The Kier molecular flexibility index (Phi) is 3.43. The summed E-state index contributed by atoms with van der Waals surface area (Å²) in [6.45, 7) is 6.07. The van der Waals surface area contributed by atoms with Crippen LogP contribution in [0.2, 0.25) is 0 Å². The molecule has 7 heteroatoms. The molecule has 2 aromatic heterocycles. The second kappa shape index (κ2) is 5.24. The summed E-state index contributed by atoms with van der Waals surface area (Å²) in [4.78, 5) is 16.4. The summed E-state index contributed by atoms with van der Waals surface area (Å²) in [7, 11) is 0. The van der Waals surface area contributed by atoms with E-state index < -0.39 is 0 Å². The van der Waals surface area contributed by atoms with Gasteiger partial charge in [0.25, 0.3) is 0 Å². The van der Waals surface area contributed by atoms with Crippen LogP contribution in [0, 0.1) is 13.8 Å². The van der Waals surface area contributed by atoms with Crippen molar-refractivity contribution in [2.45, 2.75) is 26.7 Å². The van der Waals surface area contributed by atoms with E-state index in [1.807, 2.05) is 6.92 Å². The predicted octanol–water partition coefficient (Wildman–Crippen LogP) is 2.48. The zero-order valence-corrected chi connectivity index (χ0v) is 12.5. The minimum atomic E-state index is 0.597. The Labute approximate surface area is 122 Å². The van der Waals surface area contributed by atoms with E-state index in [2.05, 4.69) is 32.1 Å². The summed E-state index contributed by atoms with van der Waals surface area (Å²) >= 11 is 1.60. The lowest BCUT2D eigenvalue weighted by Gasteiger charge is -2.19. The molecule has 3 heterocycles. The van der Waals surface area contributed by atoms with E-state index in [4.69, 9.17) is 5.73 Å². The molecule has 0 amide bonds. The van der Waals surface area contributed by atoms with Crippen molar-refractivity contribution in [3.05, 3.63) is 16.9 Å². The third kappa shape index (κ3) is 2.40. The highest BCUT2D eigenvalue weighted by atomic mass is 32.1. The monoisotopic (exact) mass is 290 g/mol. The molecule has 20 heavy (non-hydrogen) atoms. The smallest absolute Gasteiger partial charge is 0.188 e. The summed E-state index contributed by atoms with van der Waals surface area (Å²) in [5.41, 5.74) is 7.83. The molecular formula is C13H18N6S. The fraction of sp³-hybridized carbons (Fsp3) is 0.462. The molecule has 1 saturated heterocycles. The van der Waals surface area contributed by atoms with Gasteiger partial charge in [-0.15, -0.1) is 11.3 Å². The Bertz CT molecular complexity index is 598. The normalized spacial score (nSPS) is 14.8. The van der Waals surface area contributed by atoms with Crippen LogP contribution in [0.5, 0.6) is 0 Å². The van der Waals surface area contributed by atoms with Gasteiger partial charge in [0.1, 0.15) is 12.0 Å². The molecule has 0 bridgehead atoms. The molecule has 2 aromatic rings. The standard InChI is InChI=1S/C13H18N6S/c1-8-9(2)20-13(17-8)18-11-10(14)12(16-7-15-11)19-5-3-4-6-19/h7H,3-6,14H2,1-2H3,(H,15,16,17,18). The maximum Gasteiger partial charge on any atom is 0.188 e. The van der Waals surface area contributed by atoms with Gasteiger partial charge in [-0.3, -0.25) is 0 Å². The van der Waals surface area contributed by atoms with E-state index in [-0.39, 0.29) is 0 Å². The Morgan fingerprint density at radius 3 is 2.65 bits per heavy atom. The lowest BCUT2D eigenvalue weighted by atomic mass is 10.4. The molecule has 6 nitrogen and oxygen atoms in total. The van der Waals surface area contributed by atoms with Crippen molar-refractivity contribution in [3.8, 4) is 0 Å². The minimum Gasteiger partial charge on any atom is -0.393 e. The molecule has 0 atom stereocenters. The molecule has 0 unspecified atom stereocenters. The van der Waals surface area contributed by atoms with Crippen LogP contribution in [-0.4, -0.2) is 28.0 Å². The van der Waals surface area contributed by atoms with Crippen molar-refractivity contribution in [1.29, 1.82) is 0 Å². The molecule has 0 aromatic carbocycles. The summed E-state index contributed by atoms with van der Waals surface area (Å²) in [6, 6.07) is 0. The first kappa shape index (κ1) is 13.1. The summed E-state index contributed by atoms with van der Waals surface area (Å²) in [6.07, 6.45) is 3.94. The molecule has 3 N–H and O–H groups in total. The number of aryl methyl sites for hydroxylation is 2. The highest BCUT2D eigenvalue weighted by Gasteiger charge is 2.19. The molecule has 0 aliphatic carbocycles. The quantitative estimate of drug-likeness (QED) is 0.904. The molecule has 1 aliphatic heterocycles. The number of rotatable bonds is 3. The van der Waals surface area contributed by atoms with Crippen molar-refractivity contribution < 1.29 is 0 Å². The molecule has 0 spiro atoms. The SMILES string of the molecule is Cc1nc(Nc2ncnc(N3CCCC3)c2N)sc1C. The van der Waals surface area contributed by atoms with Gasteiger partial charge >= 0.3 is 0 Å². The molecule has 0 radical (unpaired) electrons. The lowest BCUT2D eigenvalue weighted by Crippen LogP contribution is -2.21. The Hall–Kier alpha value is -1.89. The molecule has 1 aliphatic rings. The van der Waals surface area contributed by atoms with E-state index in [9.17, 15) is 0 Å². The second-order valence-corrected chi connectivity index (χ2v) is 6.14. The van der Waals surface area contributed by atoms with Crippen molar-refractivity contribution in [2.24, 2.45) is 0 Å². The third-order valence-electron chi connectivity index (χ3n) is 3.52. The van der Waals surface area contributed by atoms with E-state index >= 15 is 0 Å². The number of anilines is 4. The molecule has 106 valence electrons. The molecule has 0 saturated carbocycles. The molecule has 1 fully saturated rings. The van der Waals surface area contributed by atoms with Crippen LogP contribution in [0.25, 0.3) is 0 Å². The van der Waals surface area contributed by atoms with Gasteiger partial charge in [0.15, 0.2) is 16.8 Å². The van der Waals surface area contributed by atoms with Crippen molar-refractivity contribution in [1.82, 2.24) is 15.0 Å². The maximum absolute atomic E-state index is 6.20. The fourth-order valence-electron chi connectivity index (χ4n) is 2.29. The second-order valence-electron chi connectivity index (χ2n) is 4.94. The number of nitrogen functional groups attached to an aromatic ring is 1. The van der Waals surface area contributed by atoms with Gasteiger partial charge in [-0.1, -0.05) is 0 Å². The van der Waals surface area contributed by atoms with Gasteiger partial charge in [0, 0.05) is 18.0 Å². The van der Waals surface area contributed by atoms with Crippen LogP contribution < -0.4 is 16.0 Å². The van der Waals surface area contributed by atoms with Gasteiger partial charge in [-0.2, -0.15) is 0 Å². The van der Waals surface area contributed by atoms with Crippen molar-refractivity contribution in [2.75, 3.05) is 29.0 Å². The van der Waals surface area contributed by atoms with Crippen LogP contribution in [0.15, 0.2) is 6.33 Å². The van der Waals surface area contributed by atoms with E-state index in [0.717, 1.165) is 29.7 Å². The van der Waals surface area contributed by atoms with Crippen LogP contribution in [0.3, 0.4) is 0 Å². The lowest BCUT2D eigenvalue weighted by molar-refractivity contribution is 0.931. The Balaban J connectivity index is 1.88. The van der Waals surface area contributed by atoms with Crippen LogP contribution in [0.4, 0.5) is 22.5 Å². The Morgan fingerprint density at radius 2 is 2.00 bits per heavy atom. The van der Waals surface area contributed by atoms with Crippen LogP contribution >= 0.6 is 11.3 Å². The average molecular weight is 290 g/mol. The zero-order chi connectivity index (χ0) is 14.1. The topological polar surface area (TPSA) is 80.0 Å². The highest BCUT2D eigenvalue weighted by Crippen LogP contribution is 2.32. The summed E-state index contributed by atoms with van der Waals surface area (Å²) in [5.74, 6) is 1.46. The fourth-order valence-corrected chi connectivity index (χ4v) is 3.11. The van der Waals surface area contributed by atoms with Gasteiger partial charge in [-0.05, 0) is 26.7 Å². The van der Waals surface area contributed by atoms with E-state index in [0.29, 0.717) is 11.5 Å². The Morgan fingerprint density at radius 1 is 1.25 bits per heavy atom. The van der Waals surface area contributed by atoms with Crippen molar-refractivity contribution >= 4 is 33.8 Å². The van der Waals surface area contributed by atoms with Gasteiger partial charge in [-0.25, -0.2) is 15.0 Å². The maximum atomic E-state index is 6.20. The van der Waals surface area contributed by atoms with E-state index in [1.165, 1.54) is 17.7 Å². The number of nitrogens with two attached hydrogens (primary N) is 1. The first-order valence-corrected chi connectivity index (χ1v) is 7.53. The zero-order valence-electron chi connectivity index (χ0n) is 11.7. The predicted molar refractivity (Wildman–Crippen MR) is 82.8 cm³/mol. The average Bonchev–Trinajstić information content (AvgIpc) is 3.03. The largest absolute Gasteiger partial charge is 0.393 e. The minimum absolute atomic E-state index is 0.597. The van der Waals surface area contributed by atoms with Gasteiger partial charge in [0.05, 0.1) is 5.69 Å². The number of hydrogen-bond acceptors (Lipinski definition) is 7. The number of hydrogen-bond donors (Lipinski definition) is 2. The number of nitrogens with zero attached hydrogens (tertiary/aromatic N) is 4. The number of nitrogens with one attached hydrogen (secondary N) is 1. The highest BCUT2D eigenvalue weighted by molar-refractivity contribution is 7.15.